The third kappa shape index (κ3) is 6.14. The van der Waals surface area contributed by atoms with E-state index in [1.807, 2.05) is 0 Å². The molecule has 1 aromatic carbocycles. The smallest absolute Gasteiger partial charge is 0.306 e. The Morgan fingerprint density at radius 1 is 1.08 bits per heavy atom. The topological polar surface area (TPSA) is 109 Å². The number of aliphatic carboxylic acids is 1. The zero-order chi connectivity index (χ0) is 27.6. The molecule has 12 heteroatoms. The molecule has 4 rings (SSSR count). The lowest BCUT2D eigenvalue weighted by atomic mass is 9.86. The van der Waals surface area contributed by atoms with E-state index in [0.29, 0.717) is 31.4 Å². The zero-order valence-corrected chi connectivity index (χ0v) is 22.0. The third-order valence-corrected chi connectivity index (χ3v) is 7.47. The molecule has 1 saturated carbocycles. The zero-order valence-electron chi connectivity index (χ0n) is 20.5. The lowest BCUT2D eigenvalue weighted by Crippen LogP contribution is -2.35. The average molecular weight is 567 g/mol. The molecule has 0 spiro atoms. The monoisotopic (exact) mass is 566 g/mol. The SMILES string of the molecule is Cc1c(C(=O)N(Cc2cc(F)cc(F)c2)CC(O)c2c(Cl)cncc2Cl)cnn1C1CCC(C(=O)O)CC1. The van der Waals surface area contributed by atoms with Gasteiger partial charge in [-0.1, -0.05) is 23.2 Å². The van der Waals surface area contributed by atoms with E-state index >= 15 is 0 Å². The second kappa shape index (κ2) is 11.8. The van der Waals surface area contributed by atoms with Crippen LogP contribution in [0.4, 0.5) is 8.78 Å². The lowest BCUT2D eigenvalue weighted by molar-refractivity contribution is -0.143. The second-order valence-electron chi connectivity index (χ2n) is 9.43. The van der Waals surface area contributed by atoms with Crippen LogP contribution >= 0.6 is 23.2 Å². The third-order valence-electron chi connectivity index (χ3n) is 6.87. The number of carboxylic acids is 1. The van der Waals surface area contributed by atoms with E-state index in [9.17, 15) is 28.6 Å². The van der Waals surface area contributed by atoms with Crippen molar-refractivity contribution in [1.82, 2.24) is 19.7 Å². The number of benzene rings is 1. The minimum atomic E-state index is -1.32. The van der Waals surface area contributed by atoms with Crippen LogP contribution in [0.15, 0.2) is 36.8 Å². The van der Waals surface area contributed by atoms with E-state index in [4.69, 9.17) is 23.2 Å². The van der Waals surface area contributed by atoms with Gasteiger partial charge in [0.2, 0.25) is 0 Å². The number of hydrogen-bond donors (Lipinski definition) is 2. The van der Waals surface area contributed by atoms with Crippen LogP contribution in [-0.2, 0) is 11.3 Å². The first kappa shape index (κ1) is 27.9. The number of nitrogens with zero attached hydrogens (tertiary/aromatic N) is 4. The van der Waals surface area contributed by atoms with E-state index in [0.717, 1.165) is 18.2 Å². The Morgan fingerprint density at radius 2 is 1.68 bits per heavy atom. The van der Waals surface area contributed by atoms with Crippen LogP contribution in [0.1, 0.15) is 65.0 Å². The molecule has 1 aliphatic carbocycles. The number of amides is 1. The predicted molar refractivity (Wildman–Crippen MR) is 136 cm³/mol. The van der Waals surface area contributed by atoms with Crippen molar-refractivity contribution < 1.29 is 28.6 Å². The van der Waals surface area contributed by atoms with Gasteiger partial charge in [-0.3, -0.25) is 19.3 Å². The molecule has 1 unspecified atom stereocenters. The highest BCUT2D eigenvalue weighted by Crippen LogP contribution is 2.34. The highest BCUT2D eigenvalue weighted by Gasteiger charge is 2.31. The highest BCUT2D eigenvalue weighted by atomic mass is 35.5. The molecule has 2 aromatic heterocycles. The lowest BCUT2D eigenvalue weighted by Gasteiger charge is -2.28. The molecule has 0 radical (unpaired) electrons. The Kier molecular flexibility index (Phi) is 8.64. The first-order valence-electron chi connectivity index (χ1n) is 12.0. The summed E-state index contributed by atoms with van der Waals surface area (Å²) in [6.45, 7) is 1.24. The molecule has 0 aliphatic heterocycles. The molecule has 1 amide bonds. The van der Waals surface area contributed by atoms with Crippen molar-refractivity contribution in [1.29, 1.82) is 0 Å². The van der Waals surface area contributed by atoms with Crippen molar-refractivity contribution in [3.05, 3.63) is 80.9 Å². The van der Waals surface area contributed by atoms with Crippen LogP contribution in [-0.4, -0.2) is 48.3 Å². The molecule has 1 fully saturated rings. The van der Waals surface area contributed by atoms with Crippen LogP contribution in [0.25, 0.3) is 0 Å². The molecule has 2 heterocycles. The van der Waals surface area contributed by atoms with Gasteiger partial charge in [0.05, 0.1) is 46.4 Å². The Bertz CT molecular complexity index is 1300. The van der Waals surface area contributed by atoms with Gasteiger partial charge in [0.15, 0.2) is 0 Å². The molecule has 1 atom stereocenters. The number of halogens is 4. The number of carboxylic acid groups (broad SMARTS) is 1. The maximum Gasteiger partial charge on any atom is 0.306 e. The summed E-state index contributed by atoms with van der Waals surface area (Å²) in [7, 11) is 0. The van der Waals surface area contributed by atoms with Crippen molar-refractivity contribution in [2.24, 2.45) is 5.92 Å². The second-order valence-corrected chi connectivity index (χ2v) is 10.2. The molecule has 1 aliphatic rings. The standard InChI is InChI=1S/C26H26Cl2F2N4O4/c1-14-20(9-32-34(14)19-4-2-16(3-5-19)26(37)38)25(36)33(12-15-6-17(29)8-18(30)7-15)13-23(35)24-21(27)10-31-11-22(24)28/h6-11,16,19,23,35H,2-5,12-13H2,1H3,(H,37,38). The summed E-state index contributed by atoms with van der Waals surface area (Å²) in [6.07, 6.45) is 4.97. The summed E-state index contributed by atoms with van der Waals surface area (Å²) in [4.78, 5) is 30.1. The maximum absolute atomic E-state index is 13.9. The van der Waals surface area contributed by atoms with Crippen LogP contribution in [0.3, 0.4) is 0 Å². The van der Waals surface area contributed by atoms with E-state index in [-0.39, 0.29) is 45.9 Å². The predicted octanol–water partition coefficient (Wildman–Crippen LogP) is 5.36. The van der Waals surface area contributed by atoms with Gasteiger partial charge in [-0.2, -0.15) is 5.10 Å². The largest absolute Gasteiger partial charge is 0.481 e. The minimum absolute atomic E-state index is 0.0575. The number of hydrogen-bond acceptors (Lipinski definition) is 5. The number of aromatic nitrogens is 3. The van der Waals surface area contributed by atoms with Gasteiger partial charge in [0.1, 0.15) is 11.6 Å². The summed E-state index contributed by atoms with van der Waals surface area (Å²) in [5.74, 6) is -3.31. The Labute approximate surface area is 227 Å². The molecular weight excluding hydrogens is 541 g/mol. The number of rotatable bonds is 8. The Balaban J connectivity index is 1.62. The maximum atomic E-state index is 13.9. The van der Waals surface area contributed by atoms with Crippen molar-refractivity contribution in [3.63, 3.8) is 0 Å². The Hall–Kier alpha value is -3.08. The normalized spacial score (nSPS) is 18.3. The van der Waals surface area contributed by atoms with E-state index < -0.39 is 35.5 Å². The van der Waals surface area contributed by atoms with Gasteiger partial charge in [-0.05, 0) is 50.3 Å². The molecule has 202 valence electrons. The van der Waals surface area contributed by atoms with Crippen molar-refractivity contribution in [2.75, 3.05) is 6.54 Å². The molecule has 2 N–H and O–H groups in total. The van der Waals surface area contributed by atoms with E-state index in [1.165, 1.54) is 23.5 Å². The fraction of sp³-hybridized carbons (Fsp3) is 0.385. The summed E-state index contributed by atoms with van der Waals surface area (Å²) in [5, 5.41) is 24.9. The van der Waals surface area contributed by atoms with Crippen molar-refractivity contribution in [2.45, 2.75) is 51.3 Å². The number of pyridine rings is 1. The van der Waals surface area contributed by atoms with E-state index in [2.05, 4.69) is 10.1 Å². The quantitative estimate of drug-likeness (QED) is 0.379. The molecule has 3 aromatic rings. The van der Waals surface area contributed by atoms with Crippen molar-refractivity contribution >= 4 is 35.1 Å². The summed E-state index contributed by atoms with van der Waals surface area (Å²) < 4.78 is 29.5. The number of aliphatic hydroxyl groups is 1. The average Bonchev–Trinajstić information content (AvgIpc) is 3.23. The van der Waals surface area contributed by atoms with Crippen LogP contribution < -0.4 is 0 Å². The van der Waals surface area contributed by atoms with Crippen LogP contribution in [0.5, 0.6) is 0 Å². The van der Waals surface area contributed by atoms with Gasteiger partial charge < -0.3 is 15.1 Å². The first-order valence-corrected chi connectivity index (χ1v) is 12.8. The number of aliphatic hydroxyl groups excluding tert-OH is 1. The molecule has 8 nitrogen and oxygen atoms in total. The number of carbonyl (C=O) groups is 2. The number of carbonyl (C=O) groups excluding carboxylic acids is 1. The summed E-state index contributed by atoms with van der Waals surface area (Å²) in [5.41, 5.74) is 1.18. The van der Waals surface area contributed by atoms with Gasteiger partial charge >= 0.3 is 5.97 Å². The molecule has 0 bridgehead atoms. The van der Waals surface area contributed by atoms with Gasteiger partial charge in [-0.15, -0.1) is 0 Å². The molecular formula is C26H26Cl2F2N4O4. The first-order chi connectivity index (χ1) is 18.0. The summed E-state index contributed by atoms with van der Waals surface area (Å²) in [6, 6.07) is 2.89. The highest BCUT2D eigenvalue weighted by molar-refractivity contribution is 6.35. The Morgan fingerprint density at radius 3 is 2.26 bits per heavy atom. The summed E-state index contributed by atoms with van der Waals surface area (Å²) >= 11 is 12.4. The fourth-order valence-electron chi connectivity index (χ4n) is 4.92. The van der Waals surface area contributed by atoms with Crippen LogP contribution in [0.2, 0.25) is 10.0 Å². The van der Waals surface area contributed by atoms with Crippen LogP contribution in [0, 0.1) is 24.5 Å². The fourth-order valence-corrected chi connectivity index (χ4v) is 5.54. The van der Waals surface area contributed by atoms with Gasteiger partial charge in [0, 0.05) is 36.3 Å². The van der Waals surface area contributed by atoms with Crippen molar-refractivity contribution in [3.8, 4) is 0 Å². The minimum Gasteiger partial charge on any atom is -0.481 e. The van der Waals surface area contributed by atoms with Gasteiger partial charge in [-0.25, -0.2) is 8.78 Å². The molecule has 38 heavy (non-hydrogen) atoms. The molecule has 0 saturated heterocycles. The van der Waals surface area contributed by atoms with Gasteiger partial charge in [0.25, 0.3) is 5.91 Å². The van der Waals surface area contributed by atoms with E-state index in [1.54, 1.807) is 11.6 Å².